The van der Waals surface area contributed by atoms with Crippen LogP contribution in [0, 0.1) is 17.8 Å². The van der Waals surface area contributed by atoms with Gasteiger partial charge in [0.2, 0.25) is 0 Å². The van der Waals surface area contributed by atoms with Crippen molar-refractivity contribution in [2.45, 2.75) is 64.4 Å². The molecule has 1 nitrogen and oxygen atoms in total. The molecule has 2 fully saturated rings. The molecule has 0 aliphatic carbocycles. The molecule has 0 aromatic carbocycles. The van der Waals surface area contributed by atoms with Crippen molar-refractivity contribution in [3.63, 3.8) is 0 Å². The number of rotatable bonds is 3. The summed E-state index contributed by atoms with van der Waals surface area (Å²) in [4.78, 5) is 0. The fourth-order valence-corrected chi connectivity index (χ4v) is 5.74. The van der Waals surface area contributed by atoms with Crippen LogP contribution in [-0.2, 0) is 4.74 Å². The first-order chi connectivity index (χ1) is 7.46. The molecule has 0 radical (unpaired) electrons. The standard InChI is InChI=1S/C14H26OS/c1-9(2)8-14-6-7-16-13(11(5)15-14)12(14)10(3)4/h9-13H,6-8H2,1-5H3. The predicted molar refractivity (Wildman–Crippen MR) is 71.9 cm³/mol. The molecule has 2 rings (SSSR count). The van der Waals surface area contributed by atoms with E-state index >= 15 is 0 Å². The highest BCUT2D eigenvalue weighted by atomic mass is 32.2. The van der Waals surface area contributed by atoms with Crippen LogP contribution in [0.1, 0.15) is 47.5 Å². The number of hydrogen-bond acceptors (Lipinski definition) is 2. The Bertz CT molecular complexity index is 247. The summed E-state index contributed by atoms with van der Waals surface area (Å²) in [5.74, 6) is 3.56. The lowest BCUT2D eigenvalue weighted by molar-refractivity contribution is -0.0747. The van der Waals surface area contributed by atoms with Crippen molar-refractivity contribution in [1.82, 2.24) is 0 Å². The van der Waals surface area contributed by atoms with Crippen LogP contribution in [0.5, 0.6) is 0 Å². The first kappa shape index (κ1) is 12.8. The molecule has 4 atom stereocenters. The fourth-order valence-electron chi connectivity index (χ4n) is 3.90. The monoisotopic (exact) mass is 242 g/mol. The van der Waals surface area contributed by atoms with Gasteiger partial charge in [-0.15, -0.1) is 0 Å². The largest absolute Gasteiger partial charge is 0.371 e. The smallest absolute Gasteiger partial charge is 0.0739 e. The van der Waals surface area contributed by atoms with E-state index in [1.165, 1.54) is 18.6 Å². The van der Waals surface area contributed by atoms with Gasteiger partial charge in [0.25, 0.3) is 0 Å². The Morgan fingerprint density at radius 3 is 2.56 bits per heavy atom. The Kier molecular flexibility index (Phi) is 3.61. The molecule has 2 saturated heterocycles. The zero-order valence-electron chi connectivity index (χ0n) is 11.3. The number of fused-ring (bicyclic) bond motifs is 2. The third-order valence-corrected chi connectivity index (χ3v) is 5.65. The van der Waals surface area contributed by atoms with Gasteiger partial charge in [-0.3, -0.25) is 0 Å². The lowest BCUT2D eigenvalue weighted by Crippen LogP contribution is -2.45. The van der Waals surface area contributed by atoms with E-state index in [1.807, 2.05) is 0 Å². The lowest BCUT2D eigenvalue weighted by Gasteiger charge is -2.42. The van der Waals surface area contributed by atoms with Gasteiger partial charge in [0.1, 0.15) is 0 Å². The van der Waals surface area contributed by atoms with Crippen molar-refractivity contribution in [2.75, 3.05) is 5.75 Å². The summed E-state index contributed by atoms with van der Waals surface area (Å²) in [6, 6.07) is 0. The zero-order valence-corrected chi connectivity index (χ0v) is 12.1. The molecule has 0 amide bonds. The molecule has 0 aromatic rings. The van der Waals surface area contributed by atoms with Gasteiger partial charge in [0.15, 0.2) is 0 Å². The maximum absolute atomic E-state index is 6.44. The Labute approximate surface area is 105 Å². The van der Waals surface area contributed by atoms with Crippen LogP contribution in [0.25, 0.3) is 0 Å². The average molecular weight is 242 g/mol. The predicted octanol–water partition coefficient (Wildman–Crippen LogP) is 3.97. The maximum Gasteiger partial charge on any atom is 0.0739 e. The Morgan fingerprint density at radius 2 is 2.00 bits per heavy atom. The number of ether oxygens (including phenoxy) is 1. The first-order valence-electron chi connectivity index (χ1n) is 6.75. The minimum Gasteiger partial charge on any atom is -0.371 e. The van der Waals surface area contributed by atoms with Crippen LogP contribution in [0.15, 0.2) is 0 Å². The maximum atomic E-state index is 6.44. The molecule has 94 valence electrons. The average Bonchev–Trinajstić information content (AvgIpc) is 2.29. The first-order valence-corrected chi connectivity index (χ1v) is 7.80. The molecule has 0 saturated carbocycles. The molecule has 4 unspecified atom stereocenters. The Balaban J connectivity index is 2.25. The van der Waals surface area contributed by atoms with E-state index in [1.54, 1.807) is 0 Å². The van der Waals surface area contributed by atoms with Crippen LogP contribution < -0.4 is 0 Å². The summed E-state index contributed by atoms with van der Waals surface area (Å²) in [6.07, 6.45) is 2.97. The van der Waals surface area contributed by atoms with Crippen molar-refractivity contribution >= 4 is 11.8 Å². The van der Waals surface area contributed by atoms with E-state index in [0.29, 0.717) is 6.10 Å². The second kappa shape index (κ2) is 4.53. The molecule has 0 N–H and O–H groups in total. The zero-order chi connectivity index (χ0) is 11.9. The van der Waals surface area contributed by atoms with Crippen molar-refractivity contribution in [2.24, 2.45) is 17.8 Å². The van der Waals surface area contributed by atoms with Crippen molar-refractivity contribution < 1.29 is 4.74 Å². The van der Waals surface area contributed by atoms with Crippen LogP contribution in [-0.4, -0.2) is 22.7 Å². The minimum atomic E-state index is 0.206. The van der Waals surface area contributed by atoms with Crippen molar-refractivity contribution in [1.29, 1.82) is 0 Å². The summed E-state index contributed by atoms with van der Waals surface area (Å²) in [5.41, 5.74) is 0.206. The third kappa shape index (κ3) is 2.03. The van der Waals surface area contributed by atoms with E-state index in [9.17, 15) is 0 Å². The summed E-state index contributed by atoms with van der Waals surface area (Å²) in [7, 11) is 0. The van der Waals surface area contributed by atoms with Crippen LogP contribution in [0.4, 0.5) is 0 Å². The minimum absolute atomic E-state index is 0.206. The second-order valence-electron chi connectivity index (χ2n) is 6.34. The summed E-state index contributed by atoms with van der Waals surface area (Å²) >= 11 is 2.15. The molecule has 16 heavy (non-hydrogen) atoms. The molecular formula is C14H26OS. The molecule has 2 aliphatic rings. The summed E-state index contributed by atoms with van der Waals surface area (Å²) in [5, 5.41) is 0.743. The Morgan fingerprint density at radius 1 is 1.31 bits per heavy atom. The van der Waals surface area contributed by atoms with E-state index in [2.05, 4.69) is 46.4 Å². The van der Waals surface area contributed by atoms with Crippen molar-refractivity contribution in [3.8, 4) is 0 Å². The number of hydrogen-bond donors (Lipinski definition) is 0. The van der Waals surface area contributed by atoms with Gasteiger partial charge in [-0.2, -0.15) is 11.8 Å². The highest BCUT2D eigenvalue weighted by molar-refractivity contribution is 8.00. The number of thioether (sulfide) groups is 1. The van der Waals surface area contributed by atoms with Gasteiger partial charge in [0, 0.05) is 11.2 Å². The van der Waals surface area contributed by atoms with Gasteiger partial charge in [-0.05, 0) is 37.4 Å². The quantitative estimate of drug-likeness (QED) is 0.740. The molecule has 2 heteroatoms. The molecule has 2 aliphatic heterocycles. The van der Waals surface area contributed by atoms with Gasteiger partial charge in [-0.1, -0.05) is 27.7 Å². The van der Waals surface area contributed by atoms with Crippen LogP contribution in [0.3, 0.4) is 0 Å². The highest BCUT2D eigenvalue weighted by Gasteiger charge is 2.56. The lowest BCUT2D eigenvalue weighted by atomic mass is 9.73. The van der Waals surface area contributed by atoms with E-state index in [4.69, 9.17) is 4.74 Å². The normalized spacial score (nSPS) is 43.3. The van der Waals surface area contributed by atoms with E-state index in [-0.39, 0.29) is 5.60 Å². The van der Waals surface area contributed by atoms with E-state index in [0.717, 1.165) is 23.0 Å². The van der Waals surface area contributed by atoms with Gasteiger partial charge in [0.05, 0.1) is 11.7 Å². The second-order valence-corrected chi connectivity index (χ2v) is 7.63. The molecule has 0 spiro atoms. The van der Waals surface area contributed by atoms with Crippen LogP contribution >= 0.6 is 11.8 Å². The third-order valence-electron chi connectivity index (χ3n) is 4.15. The molecule has 0 aromatic heterocycles. The topological polar surface area (TPSA) is 9.23 Å². The van der Waals surface area contributed by atoms with E-state index < -0.39 is 0 Å². The van der Waals surface area contributed by atoms with Crippen LogP contribution in [0.2, 0.25) is 0 Å². The highest BCUT2D eigenvalue weighted by Crippen LogP contribution is 2.54. The molecule has 2 bridgehead atoms. The fraction of sp³-hybridized carbons (Fsp3) is 1.00. The Hall–Kier alpha value is 0.310. The summed E-state index contributed by atoms with van der Waals surface area (Å²) < 4.78 is 6.44. The SMILES string of the molecule is CC(C)CC12CCSC(C(C)O1)C2C(C)C. The van der Waals surface area contributed by atoms with Gasteiger partial charge < -0.3 is 4.74 Å². The van der Waals surface area contributed by atoms with Gasteiger partial charge in [-0.25, -0.2) is 0 Å². The molecule has 2 heterocycles. The molecular weight excluding hydrogens is 216 g/mol. The van der Waals surface area contributed by atoms with Crippen molar-refractivity contribution in [3.05, 3.63) is 0 Å². The summed E-state index contributed by atoms with van der Waals surface area (Å²) in [6.45, 7) is 11.7. The van der Waals surface area contributed by atoms with Gasteiger partial charge >= 0.3 is 0 Å².